The van der Waals surface area contributed by atoms with Gasteiger partial charge in [-0.2, -0.15) is 0 Å². The van der Waals surface area contributed by atoms with E-state index in [4.69, 9.17) is 9.84 Å². The molecule has 0 aromatic heterocycles. The Hall–Kier alpha value is -1.30. The second-order valence-corrected chi connectivity index (χ2v) is 6.95. The van der Waals surface area contributed by atoms with E-state index in [1.54, 1.807) is 20.8 Å². The molecule has 1 fully saturated rings. The standard InChI is InChI=1S/C16H30N2O4/c1-16(2,3)22-15(21)18-13(14(20)17-9-10-19)11-12-7-5-4-6-8-12/h12-13,19H,4-11H2,1-3H3,(H,17,20)(H,18,21). The Balaban J connectivity index is 2.59. The van der Waals surface area contributed by atoms with Crippen LogP contribution in [0.15, 0.2) is 0 Å². The summed E-state index contributed by atoms with van der Waals surface area (Å²) in [5.41, 5.74) is -0.596. The van der Waals surface area contributed by atoms with Crippen LogP contribution >= 0.6 is 0 Å². The number of ether oxygens (including phenoxy) is 1. The fourth-order valence-corrected chi connectivity index (χ4v) is 2.74. The number of alkyl carbamates (subject to hydrolysis) is 1. The fourth-order valence-electron chi connectivity index (χ4n) is 2.74. The molecule has 1 aliphatic carbocycles. The Morgan fingerprint density at radius 1 is 1.23 bits per heavy atom. The lowest BCUT2D eigenvalue weighted by molar-refractivity contribution is -0.123. The Labute approximate surface area is 133 Å². The van der Waals surface area contributed by atoms with E-state index in [0.29, 0.717) is 12.3 Å². The maximum Gasteiger partial charge on any atom is 0.408 e. The molecule has 0 saturated heterocycles. The predicted octanol–water partition coefficient (Wildman–Crippen LogP) is 1.96. The lowest BCUT2D eigenvalue weighted by Gasteiger charge is -2.27. The molecule has 1 saturated carbocycles. The summed E-state index contributed by atoms with van der Waals surface area (Å²) in [6.07, 6.45) is 5.85. The summed E-state index contributed by atoms with van der Waals surface area (Å²) >= 11 is 0. The van der Waals surface area contributed by atoms with Crippen LogP contribution in [0.4, 0.5) is 4.79 Å². The highest BCUT2D eigenvalue weighted by Crippen LogP contribution is 2.27. The molecule has 22 heavy (non-hydrogen) atoms. The van der Waals surface area contributed by atoms with Crippen molar-refractivity contribution in [3.63, 3.8) is 0 Å². The van der Waals surface area contributed by atoms with E-state index < -0.39 is 17.7 Å². The molecule has 0 heterocycles. The van der Waals surface area contributed by atoms with Gasteiger partial charge in [-0.25, -0.2) is 4.79 Å². The third kappa shape index (κ3) is 7.64. The van der Waals surface area contributed by atoms with Crippen LogP contribution in [0.1, 0.15) is 59.3 Å². The highest BCUT2D eigenvalue weighted by Gasteiger charge is 2.27. The number of hydrogen-bond acceptors (Lipinski definition) is 4. The zero-order valence-electron chi connectivity index (χ0n) is 14.0. The number of aliphatic hydroxyl groups excluding tert-OH is 1. The summed E-state index contributed by atoms with van der Waals surface area (Å²) in [5, 5.41) is 14.1. The van der Waals surface area contributed by atoms with E-state index in [1.807, 2.05) is 0 Å². The van der Waals surface area contributed by atoms with Gasteiger partial charge in [-0.3, -0.25) is 4.79 Å². The van der Waals surface area contributed by atoms with Gasteiger partial charge >= 0.3 is 6.09 Å². The van der Waals surface area contributed by atoms with Crippen molar-refractivity contribution >= 4 is 12.0 Å². The molecule has 0 radical (unpaired) electrons. The first-order chi connectivity index (χ1) is 10.3. The van der Waals surface area contributed by atoms with Crippen molar-refractivity contribution in [2.24, 2.45) is 5.92 Å². The largest absolute Gasteiger partial charge is 0.444 e. The molecule has 2 amide bonds. The van der Waals surface area contributed by atoms with E-state index in [0.717, 1.165) is 12.8 Å². The van der Waals surface area contributed by atoms with Crippen LogP contribution in [0.5, 0.6) is 0 Å². The number of rotatable bonds is 6. The summed E-state index contributed by atoms with van der Waals surface area (Å²) < 4.78 is 5.23. The third-order valence-electron chi connectivity index (χ3n) is 3.71. The number of amides is 2. The van der Waals surface area contributed by atoms with Crippen LogP contribution < -0.4 is 10.6 Å². The average Bonchev–Trinajstić information content (AvgIpc) is 2.43. The SMILES string of the molecule is CC(C)(C)OC(=O)NC(CC1CCCCC1)C(=O)NCCO. The lowest BCUT2D eigenvalue weighted by atomic mass is 9.84. The maximum atomic E-state index is 12.2. The first-order valence-corrected chi connectivity index (χ1v) is 8.20. The fraction of sp³-hybridized carbons (Fsp3) is 0.875. The molecule has 0 spiro atoms. The second kappa shape index (κ2) is 8.98. The molecular weight excluding hydrogens is 284 g/mol. The van der Waals surface area contributed by atoms with E-state index in [1.165, 1.54) is 19.3 Å². The zero-order chi connectivity index (χ0) is 16.6. The Bertz CT molecular complexity index is 360. The Kier molecular flexibility index (Phi) is 7.65. The molecule has 6 heteroatoms. The summed E-state index contributed by atoms with van der Waals surface area (Å²) in [6.45, 7) is 5.43. The van der Waals surface area contributed by atoms with Gasteiger partial charge in [0.15, 0.2) is 0 Å². The molecule has 0 aliphatic heterocycles. The van der Waals surface area contributed by atoms with Gasteiger partial charge in [0.05, 0.1) is 6.61 Å². The number of aliphatic hydroxyl groups is 1. The van der Waals surface area contributed by atoms with Crippen LogP contribution in [0.25, 0.3) is 0 Å². The minimum atomic E-state index is -0.607. The molecule has 1 unspecified atom stereocenters. The quantitative estimate of drug-likeness (QED) is 0.699. The zero-order valence-corrected chi connectivity index (χ0v) is 14.0. The highest BCUT2D eigenvalue weighted by atomic mass is 16.6. The van der Waals surface area contributed by atoms with Crippen LogP contribution in [-0.2, 0) is 9.53 Å². The van der Waals surface area contributed by atoms with E-state index in [9.17, 15) is 9.59 Å². The number of hydrogen-bond donors (Lipinski definition) is 3. The van der Waals surface area contributed by atoms with E-state index in [2.05, 4.69) is 10.6 Å². The summed E-state index contributed by atoms with van der Waals surface area (Å²) in [5.74, 6) is 0.194. The smallest absolute Gasteiger partial charge is 0.408 e. The molecule has 0 aromatic rings. The number of carbonyl (C=O) groups excluding carboxylic acids is 2. The molecule has 3 N–H and O–H groups in total. The molecular formula is C16H30N2O4. The van der Waals surface area contributed by atoms with Gasteiger partial charge in [-0.15, -0.1) is 0 Å². The van der Waals surface area contributed by atoms with Crippen LogP contribution in [0, 0.1) is 5.92 Å². The van der Waals surface area contributed by atoms with Crippen LogP contribution in [-0.4, -0.2) is 41.9 Å². The number of carbonyl (C=O) groups is 2. The third-order valence-corrected chi connectivity index (χ3v) is 3.71. The van der Waals surface area contributed by atoms with Gasteiger partial charge in [0.1, 0.15) is 11.6 Å². The Morgan fingerprint density at radius 2 is 1.86 bits per heavy atom. The molecule has 1 aliphatic rings. The predicted molar refractivity (Wildman–Crippen MR) is 84.4 cm³/mol. The van der Waals surface area contributed by atoms with Crippen molar-refractivity contribution in [3.8, 4) is 0 Å². The van der Waals surface area contributed by atoms with Gasteiger partial charge in [0, 0.05) is 6.54 Å². The van der Waals surface area contributed by atoms with Crippen molar-refractivity contribution in [1.29, 1.82) is 0 Å². The lowest BCUT2D eigenvalue weighted by Crippen LogP contribution is -2.49. The summed E-state index contributed by atoms with van der Waals surface area (Å²) in [6, 6.07) is -0.607. The van der Waals surface area contributed by atoms with E-state index >= 15 is 0 Å². The maximum absolute atomic E-state index is 12.2. The normalized spacial score (nSPS) is 17.6. The first-order valence-electron chi connectivity index (χ1n) is 8.20. The second-order valence-electron chi connectivity index (χ2n) is 6.95. The average molecular weight is 314 g/mol. The van der Waals surface area contributed by atoms with Crippen molar-refractivity contribution in [2.45, 2.75) is 70.9 Å². The minimum absolute atomic E-state index is 0.117. The van der Waals surface area contributed by atoms with Crippen molar-refractivity contribution < 1.29 is 19.4 Å². The van der Waals surface area contributed by atoms with Crippen molar-refractivity contribution in [2.75, 3.05) is 13.2 Å². The van der Waals surface area contributed by atoms with Gasteiger partial charge in [0.25, 0.3) is 0 Å². The van der Waals surface area contributed by atoms with Gasteiger partial charge in [-0.05, 0) is 33.1 Å². The molecule has 128 valence electrons. The number of nitrogens with one attached hydrogen (secondary N) is 2. The molecule has 0 aromatic carbocycles. The van der Waals surface area contributed by atoms with E-state index in [-0.39, 0.29) is 19.1 Å². The molecule has 1 atom stereocenters. The van der Waals surface area contributed by atoms with Crippen molar-refractivity contribution in [3.05, 3.63) is 0 Å². The molecule has 6 nitrogen and oxygen atoms in total. The van der Waals surface area contributed by atoms with Crippen LogP contribution in [0.3, 0.4) is 0 Å². The highest BCUT2D eigenvalue weighted by molar-refractivity contribution is 5.85. The van der Waals surface area contributed by atoms with Gasteiger partial charge in [-0.1, -0.05) is 32.1 Å². The van der Waals surface area contributed by atoms with Crippen LogP contribution in [0.2, 0.25) is 0 Å². The topological polar surface area (TPSA) is 87.7 Å². The minimum Gasteiger partial charge on any atom is -0.444 e. The molecule has 1 rings (SSSR count). The van der Waals surface area contributed by atoms with Gasteiger partial charge < -0.3 is 20.5 Å². The first kappa shape index (κ1) is 18.7. The summed E-state index contributed by atoms with van der Waals surface area (Å²) in [7, 11) is 0. The molecule has 0 bridgehead atoms. The van der Waals surface area contributed by atoms with Crippen molar-refractivity contribution in [1.82, 2.24) is 10.6 Å². The Morgan fingerprint density at radius 3 is 2.41 bits per heavy atom. The monoisotopic (exact) mass is 314 g/mol. The summed E-state index contributed by atoms with van der Waals surface area (Å²) in [4.78, 5) is 24.1. The van der Waals surface area contributed by atoms with Gasteiger partial charge in [0.2, 0.25) is 5.91 Å².